The second-order valence-electron chi connectivity index (χ2n) is 4.06. The molecule has 90 valence electrons. The van der Waals surface area contributed by atoms with E-state index in [9.17, 15) is 5.11 Å². The van der Waals surface area contributed by atoms with E-state index in [1.165, 1.54) is 19.3 Å². The SMILES string of the molecule is CCCCCN(C)c1cc(Br)ccc1CO. The van der Waals surface area contributed by atoms with E-state index in [0.29, 0.717) is 0 Å². The van der Waals surface area contributed by atoms with Gasteiger partial charge in [0.25, 0.3) is 0 Å². The third-order valence-corrected chi connectivity index (χ3v) is 3.22. The Hall–Kier alpha value is -0.540. The standard InChI is InChI=1S/C13H20BrNO/c1-3-4-5-8-15(2)13-9-12(14)7-6-11(13)10-16/h6-7,9,16H,3-5,8,10H2,1-2H3. The first-order chi connectivity index (χ1) is 7.69. The van der Waals surface area contributed by atoms with Crippen LogP contribution in [0.25, 0.3) is 0 Å². The molecule has 0 aliphatic carbocycles. The minimum atomic E-state index is 0.0979. The zero-order chi connectivity index (χ0) is 12.0. The monoisotopic (exact) mass is 285 g/mol. The maximum absolute atomic E-state index is 9.29. The Morgan fingerprint density at radius 2 is 2.06 bits per heavy atom. The molecule has 0 saturated carbocycles. The van der Waals surface area contributed by atoms with Crippen LogP contribution in [-0.4, -0.2) is 18.7 Å². The highest BCUT2D eigenvalue weighted by molar-refractivity contribution is 9.10. The third kappa shape index (κ3) is 3.80. The van der Waals surface area contributed by atoms with Gasteiger partial charge in [-0.25, -0.2) is 0 Å². The zero-order valence-electron chi connectivity index (χ0n) is 10.0. The number of benzene rings is 1. The summed E-state index contributed by atoms with van der Waals surface area (Å²) in [5, 5.41) is 9.29. The maximum atomic E-state index is 9.29. The normalized spacial score (nSPS) is 10.5. The Morgan fingerprint density at radius 3 is 2.69 bits per heavy atom. The maximum Gasteiger partial charge on any atom is 0.0702 e. The van der Waals surface area contributed by atoms with Gasteiger partial charge in [0.1, 0.15) is 0 Å². The predicted molar refractivity (Wildman–Crippen MR) is 72.9 cm³/mol. The fourth-order valence-corrected chi connectivity index (χ4v) is 2.09. The molecule has 2 nitrogen and oxygen atoms in total. The van der Waals surface area contributed by atoms with Gasteiger partial charge in [0.2, 0.25) is 0 Å². The molecule has 1 rings (SSSR count). The van der Waals surface area contributed by atoms with Crippen LogP contribution in [-0.2, 0) is 6.61 Å². The Morgan fingerprint density at radius 1 is 1.31 bits per heavy atom. The predicted octanol–water partition coefficient (Wildman–Crippen LogP) is 3.57. The lowest BCUT2D eigenvalue weighted by atomic mass is 10.1. The molecule has 0 amide bonds. The van der Waals surface area contributed by atoms with Crippen molar-refractivity contribution in [2.24, 2.45) is 0 Å². The molecule has 0 bridgehead atoms. The average Bonchev–Trinajstić information content (AvgIpc) is 2.29. The quantitative estimate of drug-likeness (QED) is 0.808. The van der Waals surface area contributed by atoms with Crippen LogP contribution in [0.15, 0.2) is 22.7 Å². The molecule has 16 heavy (non-hydrogen) atoms. The molecular weight excluding hydrogens is 266 g/mol. The van der Waals surface area contributed by atoms with Crippen molar-refractivity contribution < 1.29 is 5.11 Å². The number of halogens is 1. The Kier molecular flexibility index (Phi) is 5.85. The lowest BCUT2D eigenvalue weighted by Crippen LogP contribution is -2.20. The highest BCUT2D eigenvalue weighted by atomic mass is 79.9. The molecule has 0 aliphatic rings. The van der Waals surface area contributed by atoms with E-state index in [1.807, 2.05) is 12.1 Å². The number of nitrogens with zero attached hydrogens (tertiary/aromatic N) is 1. The summed E-state index contributed by atoms with van der Waals surface area (Å²) in [5.74, 6) is 0. The summed E-state index contributed by atoms with van der Waals surface area (Å²) >= 11 is 3.47. The first kappa shape index (κ1) is 13.5. The molecule has 0 aliphatic heterocycles. The average molecular weight is 286 g/mol. The zero-order valence-corrected chi connectivity index (χ0v) is 11.6. The number of aliphatic hydroxyl groups excluding tert-OH is 1. The van der Waals surface area contributed by atoms with E-state index in [0.717, 1.165) is 22.3 Å². The van der Waals surface area contributed by atoms with Crippen molar-refractivity contribution in [1.82, 2.24) is 0 Å². The second kappa shape index (κ2) is 6.92. The summed E-state index contributed by atoms with van der Waals surface area (Å²) < 4.78 is 1.06. The van der Waals surface area contributed by atoms with Crippen molar-refractivity contribution in [2.45, 2.75) is 32.8 Å². The highest BCUT2D eigenvalue weighted by Crippen LogP contribution is 2.24. The van der Waals surface area contributed by atoms with E-state index in [4.69, 9.17) is 0 Å². The molecular formula is C13H20BrNO. The molecule has 0 spiro atoms. The van der Waals surface area contributed by atoms with Crippen LogP contribution in [0.1, 0.15) is 31.7 Å². The lowest BCUT2D eigenvalue weighted by Gasteiger charge is -2.22. The van der Waals surface area contributed by atoms with Crippen LogP contribution in [0.5, 0.6) is 0 Å². The number of hydrogen-bond donors (Lipinski definition) is 1. The topological polar surface area (TPSA) is 23.5 Å². The minimum absolute atomic E-state index is 0.0979. The van der Waals surface area contributed by atoms with Gasteiger partial charge in [-0.05, 0) is 18.6 Å². The van der Waals surface area contributed by atoms with Gasteiger partial charge in [-0.15, -0.1) is 0 Å². The van der Waals surface area contributed by atoms with Crippen molar-refractivity contribution in [2.75, 3.05) is 18.5 Å². The van der Waals surface area contributed by atoms with Gasteiger partial charge in [0.15, 0.2) is 0 Å². The van der Waals surface area contributed by atoms with Crippen LogP contribution in [0.3, 0.4) is 0 Å². The fraction of sp³-hybridized carbons (Fsp3) is 0.538. The van der Waals surface area contributed by atoms with Gasteiger partial charge < -0.3 is 10.0 Å². The van der Waals surface area contributed by atoms with E-state index in [1.54, 1.807) is 0 Å². The molecule has 0 heterocycles. The van der Waals surface area contributed by atoms with Gasteiger partial charge in [-0.2, -0.15) is 0 Å². The van der Waals surface area contributed by atoms with Crippen LogP contribution in [0, 0.1) is 0 Å². The molecule has 1 aromatic carbocycles. The first-order valence-electron chi connectivity index (χ1n) is 5.79. The second-order valence-corrected chi connectivity index (χ2v) is 4.98. The van der Waals surface area contributed by atoms with Crippen molar-refractivity contribution in [3.8, 4) is 0 Å². The van der Waals surface area contributed by atoms with Gasteiger partial charge in [0.05, 0.1) is 6.61 Å². The Balaban J connectivity index is 2.72. The third-order valence-electron chi connectivity index (χ3n) is 2.73. The number of unbranched alkanes of at least 4 members (excludes halogenated alkanes) is 2. The molecule has 0 atom stereocenters. The summed E-state index contributed by atoms with van der Waals surface area (Å²) in [4.78, 5) is 2.21. The van der Waals surface area contributed by atoms with E-state index in [2.05, 4.69) is 40.9 Å². The van der Waals surface area contributed by atoms with Crippen molar-refractivity contribution in [3.63, 3.8) is 0 Å². The van der Waals surface area contributed by atoms with Crippen LogP contribution < -0.4 is 4.90 Å². The van der Waals surface area contributed by atoms with E-state index in [-0.39, 0.29) is 6.61 Å². The Bertz CT molecular complexity index is 328. The van der Waals surface area contributed by atoms with Crippen LogP contribution in [0.4, 0.5) is 5.69 Å². The molecule has 0 fully saturated rings. The molecule has 0 unspecified atom stereocenters. The lowest BCUT2D eigenvalue weighted by molar-refractivity contribution is 0.282. The number of rotatable bonds is 6. The number of aliphatic hydroxyl groups is 1. The Labute approximate surface area is 106 Å². The van der Waals surface area contributed by atoms with Gasteiger partial charge in [-0.3, -0.25) is 0 Å². The summed E-state index contributed by atoms with van der Waals surface area (Å²) in [5.41, 5.74) is 2.11. The van der Waals surface area contributed by atoms with Crippen LogP contribution in [0.2, 0.25) is 0 Å². The van der Waals surface area contributed by atoms with Crippen molar-refractivity contribution in [1.29, 1.82) is 0 Å². The highest BCUT2D eigenvalue weighted by Gasteiger charge is 2.07. The fourth-order valence-electron chi connectivity index (χ4n) is 1.75. The van der Waals surface area contributed by atoms with Crippen molar-refractivity contribution >= 4 is 21.6 Å². The summed E-state index contributed by atoms with van der Waals surface area (Å²) in [6.07, 6.45) is 3.69. The van der Waals surface area contributed by atoms with E-state index >= 15 is 0 Å². The number of anilines is 1. The molecule has 0 saturated heterocycles. The number of hydrogen-bond acceptors (Lipinski definition) is 2. The molecule has 1 N–H and O–H groups in total. The van der Waals surface area contributed by atoms with Gasteiger partial charge >= 0.3 is 0 Å². The first-order valence-corrected chi connectivity index (χ1v) is 6.58. The largest absolute Gasteiger partial charge is 0.392 e. The molecule has 1 aromatic rings. The smallest absolute Gasteiger partial charge is 0.0702 e. The molecule has 0 aromatic heterocycles. The summed E-state index contributed by atoms with van der Waals surface area (Å²) in [6, 6.07) is 6.00. The van der Waals surface area contributed by atoms with Gasteiger partial charge in [-0.1, -0.05) is 41.8 Å². The van der Waals surface area contributed by atoms with E-state index < -0.39 is 0 Å². The van der Waals surface area contributed by atoms with Crippen molar-refractivity contribution in [3.05, 3.63) is 28.2 Å². The minimum Gasteiger partial charge on any atom is -0.392 e. The summed E-state index contributed by atoms with van der Waals surface area (Å²) in [7, 11) is 2.08. The summed E-state index contributed by atoms with van der Waals surface area (Å²) in [6.45, 7) is 3.34. The van der Waals surface area contributed by atoms with Gasteiger partial charge in [0, 0.05) is 29.3 Å². The molecule has 3 heteroatoms. The van der Waals surface area contributed by atoms with Crippen LogP contribution >= 0.6 is 15.9 Å². The molecule has 0 radical (unpaired) electrons.